The van der Waals surface area contributed by atoms with Gasteiger partial charge < -0.3 is 0 Å². The van der Waals surface area contributed by atoms with Gasteiger partial charge in [-0.2, -0.15) is 0 Å². The van der Waals surface area contributed by atoms with Gasteiger partial charge in [0.2, 0.25) is 0 Å². The third kappa shape index (κ3) is 1.89. The molecule has 0 saturated carbocycles. The van der Waals surface area contributed by atoms with Gasteiger partial charge in [-0.15, -0.1) is 0 Å². The second-order valence-corrected chi connectivity index (χ2v) is 6.04. The highest BCUT2D eigenvalue weighted by Gasteiger charge is 2.35. The summed E-state index contributed by atoms with van der Waals surface area (Å²) in [6.45, 7) is 6.29. The summed E-state index contributed by atoms with van der Waals surface area (Å²) in [4.78, 5) is 12.9. The highest BCUT2D eigenvalue weighted by Crippen LogP contribution is 2.46. The molecule has 0 heterocycles. The minimum absolute atomic E-state index is 0.0826. The number of carbonyl (C=O) groups is 1. The van der Waals surface area contributed by atoms with Crippen molar-refractivity contribution in [3.05, 3.63) is 59.7 Å². The fourth-order valence-corrected chi connectivity index (χ4v) is 3.05. The van der Waals surface area contributed by atoms with E-state index in [4.69, 9.17) is 0 Å². The summed E-state index contributed by atoms with van der Waals surface area (Å²) in [5.74, 6) is 0.721. The summed E-state index contributed by atoms with van der Waals surface area (Å²) in [5.41, 5.74) is 4.78. The predicted molar refractivity (Wildman–Crippen MR) is 82.7 cm³/mol. The van der Waals surface area contributed by atoms with Gasteiger partial charge in [-0.1, -0.05) is 69.3 Å². The maximum absolute atomic E-state index is 12.9. The van der Waals surface area contributed by atoms with Crippen LogP contribution in [-0.2, 0) is 4.79 Å². The lowest BCUT2D eigenvalue weighted by Crippen LogP contribution is -2.23. The van der Waals surface area contributed by atoms with E-state index in [0.29, 0.717) is 11.7 Å². The number of Topliss-reactive ketones (excluding diaryl/α,β-unsaturated/α-hetero) is 1. The summed E-state index contributed by atoms with van der Waals surface area (Å²) < 4.78 is 0. The van der Waals surface area contributed by atoms with Crippen molar-refractivity contribution in [2.45, 2.75) is 26.7 Å². The van der Waals surface area contributed by atoms with E-state index in [1.807, 2.05) is 24.3 Å². The zero-order chi connectivity index (χ0) is 14.3. The smallest absolute Gasteiger partial charge is 0.147 e. The molecular formula is C19H20O. The van der Waals surface area contributed by atoms with Crippen molar-refractivity contribution in [1.29, 1.82) is 0 Å². The summed E-state index contributed by atoms with van der Waals surface area (Å²) in [6.07, 6.45) is 0. The molecule has 0 N–H and O–H groups in total. The predicted octanol–water partition coefficient (Wildman–Crippen LogP) is 4.66. The van der Waals surface area contributed by atoms with E-state index < -0.39 is 0 Å². The topological polar surface area (TPSA) is 17.1 Å². The van der Waals surface area contributed by atoms with Crippen LogP contribution in [-0.4, -0.2) is 5.78 Å². The third-order valence-electron chi connectivity index (χ3n) is 4.57. The molecule has 1 aliphatic carbocycles. The minimum atomic E-state index is -0.0835. The van der Waals surface area contributed by atoms with Gasteiger partial charge in [0.05, 0.1) is 5.92 Å². The van der Waals surface area contributed by atoms with Crippen molar-refractivity contribution in [2.24, 2.45) is 11.8 Å². The summed E-state index contributed by atoms with van der Waals surface area (Å²) >= 11 is 0. The van der Waals surface area contributed by atoms with Gasteiger partial charge in [0.25, 0.3) is 0 Å². The largest absolute Gasteiger partial charge is 0.298 e. The minimum Gasteiger partial charge on any atom is -0.298 e. The van der Waals surface area contributed by atoms with Crippen LogP contribution in [0.5, 0.6) is 0 Å². The van der Waals surface area contributed by atoms with Crippen molar-refractivity contribution in [1.82, 2.24) is 0 Å². The fourth-order valence-electron chi connectivity index (χ4n) is 3.05. The zero-order valence-corrected chi connectivity index (χ0v) is 12.3. The average molecular weight is 264 g/mol. The zero-order valence-electron chi connectivity index (χ0n) is 12.3. The highest BCUT2D eigenvalue weighted by molar-refractivity contribution is 5.98. The monoisotopic (exact) mass is 264 g/mol. The molecular weight excluding hydrogens is 244 g/mol. The first-order chi connectivity index (χ1) is 9.61. The Bertz CT molecular complexity index is 609. The number of ketones is 1. The average Bonchev–Trinajstić information content (AvgIpc) is 2.80. The molecule has 1 heteroatoms. The Morgan fingerprint density at radius 2 is 1.30 bits per heavy atom. The molecule has 0 radical (unpaired) electrons. The molecule has 0 bridgehead atoms. The van der Waals surface area contributed by atoms with Crippen molar-refractivity contribution in [2.75, 3.05) is 0 Å². The van der Waals surface area contributed by atoms with Crippen LogP contribution in [0.2, 0.25) is 0 Å². The molecule has 1 aliphatic rings. The second-order valence-electron chi connectivity index (χ2n) is 6.04. The van der Waals surface area contributed by atoms with Gasteiger partial charge in [0.15, 0.2) is 0 Å². The maximum Gasteiger partial charge on any atom is 0.147 e. The van der Waals surface area contributed by atoms with Crippen LogP contribution < -0.4 is 0 Å². The third-order valence-corrected chi connectivity index (χ3v) is 4.57. The van der Waals surface area contributed by atoms with E-state index in [-0.39, 0.29) is 11.8 Å². The summed E-state index contributed by atoms with van der Waals surface area (Å²) in [5, 5.41) is 0. The number of rotatable bonds is 3. The van der Waals surface area contributed by atoms with Crippen LogP contribution >= 0.6 is 0 Å². The lowest BCUT2D eigenvalue weighted by Gasteiger charge is -2.20. The number of hydrogen-bond donors (Lipinski definition) is 0. The maximum atomic E-state index is 12.9. The quantitative estimate of drug-likeness (QED) is 0.788. The molecule has 0 fully saturated rings. The van der Waals surface area contributed by atoms with Crippen LogP contribution in [0.25, 0.3) is 11.1 Å². The Kier molecular flexibility index (Phi) is 3.21. The molecule has 1 unspecified atom stereocenters. The molecule has 0 amide bonds. The first-order valence-electron chi connectivity index (χ1n) is 7.33. The lowest BCUT2D eigenvalue weighted by atomic mass is 9.82. The second kappa shape index (κ2) is 4.90. The van der Waals surface area contributed by atoms with E-state index in [1.54, 1.807) is 0 Å². The van der Waals surface area contributed by atoms with Crippen molar-refractivity contribution in [3.63, 3.8) is 0 Å². The van der Waals surface area contributed by atoms with E-state index >= 15 is 0 Å². The highest BCUT2D eigenvalue weighted by atomic mass is 16.1. The number of carbonyl (C=O) groups excluding carboxylic acids is 1. The van der Waals surface area contributed by atoms with Crippen LogP contribution in [0.4, 0.5) is 0 Å². The first kappa shape index (κ1) is 13.1. The van der Waals surface area contributed by atoms with Gasteiger partial charge in [0, 0.05) is 5.92 Å². The molecule has 2 aromatic rings. The van der Waals surface area contributed by atoms with Gasteiger partial charge in [-0.05, 0) is 28.2 Å². The fraction of sp³-hybridized carbons (Fsp3) is 0.316. The Morgan fingerprint density at radius 1 is 0.850 bits per heavy atom. The molecule has 1 atom stereocenters. The Labute approximate surface area is 120 Å². The van der Waals surface area contributed by atoms with Crippen LogP contribution in [0.1, 0.15) is 37.8 Å². The molecule has 0 aromatic heterocycles. The lowest BCUT2D eigenvalue weighted by molar-refractivity contribution is -0.124. The molecule has 0 aliphatic heterocycles. The van der Waals surface area contributed by atoms with E-state index in [1.165, 1.54) is 22.3 Å². The molecule has 3 rings (SSSR count). The summed E-state index contributed by atoms with van der Waals surface area (Å²) in [6, 6.07) is 16.6. The Hall–Kier alpha value is -1.89. The molecule has 20 heavy (non-hydrogen) atoms. The van der Waals surface area contributed by atoms with Crippen molar-refractivity contribution in [3.8, 4) is 11.1 Å². The molecule has 1 nitrogen and oxygen atoms in total. The molecule has 2 aromatic carbocycles. The SMILES string of the molecule is CC(C)C(C)C(=O)C1c2ccccc2-c2ccccc21. The van der Waals surface area contributed by atoms with Crippen LogP contribution in [0.15, 0.2) is 48.5 Å². The van der Waals surface area contributed by atoms with Crippen LogP contribution in [0, 0.1) is 11.8 Å². The standard InChI is InChI=1S/C19H20O/c1-12(2)13(3)19(20)18-16-10-6-4-8-14(16)15-9-5-7-11-17(15)18/h4-13,18H,1-3H3. The molecule has 102 valence electrons. The Morgan fingerprint density at radius 3 is 1.75 bits per heavy atom. The molecule has 0 spiro atoms. The first-order valence-corrected chi connectivity index (χ1v) is 7.33. The number of hydrogen-bond acceptors (Lipinski definition) is 1. The van der Waals surface area contributed by atoms with Gasteiger partial charge >= 0.3 is 0 Å². The van der Waals surface area contributed by atoms with Crippen molar-refractivity contribution >= 4 is 5.78 Å². The van der Waals surface area contributed by atoms with Crippen LogP contribution in [0.3, 0.4) is 0 Å². The normalized spacial score (nSPS) is 15.0. The number of benzene rings is 2. The van der Waals surface area contributed by atoms with Gasteiger partial charge in [-0.25, -0.2) is 0 Å². The summed E-state index contributed by atoms with van der Waals surface area (Å²) in [7, 11) is 0. The van der Waals surface area contributed by atoms with E-state index in [0.717, 1.165) is 0 Å². The van der Waals surface area contributed by atoms with E-state index in [9.17, 15) is 4.79 Å². The van der Waals surface area contributed by atoms with E-state index in [2.05, 4.69) is 45.0 Å². The van der Waals surface area contributed by atoms with Gasteiger partial charge in [-0.3, -0.25) is 4.79 Å². The Balaban J connectivity index is 2.14. The molecule has 0 saturated heterocycles. The number of fused-ring (bicyclic) bond motifs is 3. The van der Waals surface area contributed by atoms with Crippen molar-refractivity contribution < 1.29 is 4.79 Å². The van der Waals surface area contributed by atoms with Gasteiger partial charge in [0.1, 0.15) is 5.78 Å².